The first-order valence-electron chi connectivity index (χ1n) is 7.32. The summed E-state index contributed by atoms with van der Waals surface area (Å²) in [6.45, 7) is 4.18. The first-order valence-corrected chi connectivity index (χ1v) is 7.32. The van der Waals surface area contributed by atoms with Gasteiger partial charge in [-0.3, -0.25) is 4.90 Å². The third-order valence-corrected chi connectivity index (χ3v) is 4.50. The first-order chi connectivity index (χ1) is 8.85. The van der Waals surface area contributed by atoms with Crippen molar-refractivity contribution in [2.24, 2.45) is 5.73 Å². The van der Waals surface area contributed by atoms with Crippen LogP contribution < -0.4 is 5.73 Å². The largest absolute Gasteiger partial charge is 0.330 e. The Bertz CT molecular complexity index is 396. The smallest absolute Gasteiger partial charge is 0.0951 e. The highest BCUT2D eigenvalue weighted by molar-refractivity contribution is 5.11. The van der Waals surface area contributed by atoms with Crippen LogP contribution in [0, 0.1) is 0 Å². The number of rotatable bonds is 5. The molecule has 1 saturated heterocycles. The van der Waals surface area contributed by atoms with Crippen LogP contribution in [0.15, 0.2) is 12.5 Å². The number of nitrogens with zero attached hydrogens (tertiary/aromatic N) is 3. The molecule has 0 amide bonds. The van der Waals surface area contributed by atoms with Crippen molar-refractivity contribution >= 4 is 0 Å². The minimum atomic E-state index is 0.362. The molecular formula is C14H24N4. The number of nitrogens with two attached hydrogens (primary N) is 1. The molecule has 2 unspecified atom stereocenters. The molecule has 1 aliphatic carbocycles. The Hall–Kier alpha value is -0.870. The molecule has 4 heteroatoms. The van der Waals surface area contributed by atoms with Gasteiger partial charge in [-0.1, -0.05) is 6.92 Å². The summed E-state index contributed by atoms with van der Waals surface area (Å²) in [5.41, 5.74) is 7.40. The highest BCUT2D eigenvalue weighted by Gasteiger charge is 2.34. The maximum atomic E-state index is 6.07. The summed E-state index contributed by atoms with van der Waals surface area (Å²) in [6.07, 6.45) is 10.5. The van der Waals surface area contributed by atoms with Gasteiger partial charge in [-0.2, -0.15) is 0 Å². The molecule has 18 heavy (non-hydrogen) atoms. The summed E-state index contributed by atoms with van der Waals surface area (Å²) in [6, 6.07) is 1.76. The van der Waals surface area contributed by atoms with E-state index < -0.39 is 0 Å². The van der Waals surface area contributed by atoms with E-state index in [-0.39, 0.29) is 0 Å². The van der Waals surface area contributed by atoms with E-state index in [1.54, 1.807) is 0 Å². The van der Waals surface area contributed by atoms with Crippen molar-refractivity contribution < 1.29 is 0 Å². The van der Waals surface area contributed by atoms with Crippen LogP contribution >= 0.6 is 0 Å². The quantitative estimate of drug-likeness (QED) is 0.868. The molecule has 1 aliphatic heterocycles. The first kappa shape index (κ1) is 12.2. The van der Waals surface area contributed by atoms with E-state index in [0.717, 1.165) is 0 Å². The maximum Gasteiger partial charge on any atom is 0.0951 e. The highest BCUT2D eigenvalue weighted by atomic mass is 15.2. The van der Waals surface area contributed by atoms with E-state index in [4.69, 9.17) is 5.73 Å². The normalized spacial score (nSPS) is 26.7. The van der Waals surface area contributed by atoms with Crippen LogP contribution in [0.2, 0.25) is 0 Å². The number of likely N-dealkylation sites (tertiary alicyclic amines) is 1. The Morgan fingerprint density at radius 2 is 2.28 bits per heavy atom. The van der Waals surface area contributed by atoms with Crippen molar-refractivity contribution in [3.05, 3.63) is 18.2 Å². The summed E-state index contributed by atoms with van der Waals surface area (Å²) in [5, 5.41) is 0. The van der Waals surface area contributed by atoms with Gasteiger partial charge in [0.1, 0.15) is 0 Å². The molecular weight excluding hydrogens is 224 g/mol. The van der Waals surface area contributed by atoms with Crippen LogP contribution in [0.25, 0.3) is 0 Å². The van der Waals surface area contributed by atoms with Gasteiger partial charge >= 0.3 is 0 Å². The molecule has 2 aliphatic rings. The lowest BCUT2D eigenvalue weighted by atomic mass is 10.1. The lowest BCUT2D eigenvalue weighted by molar-refractivity contribution is 0.173. The molecule has 2 fully saturated rings. The monoisotopic (exact) mass is 248 g/mol. The average molecular weight is 248 g/mol. The molecule has 0 aromatic carbocycles. The maximum absolute atomic E-state index is 6.07. The predicted molar refractivity (Wildman–Crippen MR) is 72.3 cm³/mol. The van der Waals surface area contributed by atoms with Crippen molar-refractivity contribution in [3.8, 4) is 0 Å². The predicted octanol–water partition coefficient (Wildman–Crippen LogP) is 2.09. The van der Waals surface area contributed by atoms with Gasteiger partial charge < -0.3 is 10.3 Å². The summed E-state index contributed by atoms with van der Waals surface area (Å²) in [4.78, 5) is 6.96. The highest BCUT2D eigenvalue weighted by Crippen LogP contribution is 2.39. The zero-order chi connectivity index (χ0) is 12.5. The zero-order valence-electron chi connectivity index (χ0n) is 11.3. The molecule has 3 rings (SSSR count). The van der Waals surface area contributed by atoms with Crippen molar-refractivity contribution in [2.45, 2.75) is 57.2 Å². The van der Waals surface area contributed by atoms with Crippen molar-refractivity contribution in [2.75, 3.05) is 13.1 Å². The Morgan fingerprint density at radius 3 is 2.94 bits per heavy atom. The molecule has 1 aromatic rings. The van der Waals surface area contributed by atoms with Gasteiger partial charge in [-0.05, 0) is 38.6 Å². The average Bonchev–Trinajstić information content (AvgIpc) is 2.94. The summed E-state index contributed by atoms with van der Waals surface area (Å²) in [7, 11) is 0. The number of hydrogen-bond acceptors (Lipinski definition) is 3. The minimum absolute atomic E-state index is 0.362. The Kier molecular flexibility index (Phi) is 3.39. The number of aromatic nitrogens is 2. The molecule has 2 atom stereocenters. The SMILES string of the molecule is CCC1CCCN1C(CN)c1cncn1C1CC1. The number of hydrogen-bond donors (Lipinski definition) is 1. The minimum Gasteiger partial charge on any atom is -0.330 e. The number of imidazole rings is 1. The van der Waals surface area contributed by atoms with Gasteiger partial charge in [-0.25, -0.2) is 4.98 Å². The molecule has 4 nitrogen and oxygen atoms in total. The van der Waals surface area contributed by atoms with Gasteiger partial charge in [0.2, 0.25) is 0 Å². The topological polar surface area (TPSA) is 47.1 Å². The molecule has 1 saturated carbocycles. The van der Waals surface area contributed by atoms with E-state index in [1.807, 2.05) is 12.5 Å². The third kappa shape index (κ3) is 2.08. The second-order valence-electron chi connectivity index (χ2n) is 5.65. The molecule has 2 heterocycles. The van der Waals surface area contributed by atoms with Gasteiger partial charge in [0.25, 0.3) is 0 Å². The zero-order valence-corrected chi connectivity index (χ0v) is 11.3. The second-order valence-corrected chi connectivity index (χ2v) is 5.65. The van der Waals surface area contributed by atoms with Crippen LogP contribution in [-0.4, -0.2) is 33.6 Å². The summed E-state index contributed by atoms with van der Waals surface area (Å²) >= 11 is 0. The van der Waals surface area contributed by atoms with Gasteiger partial charge in [-0.15, -0.1) is 0 Å². The Balaban J connectivity index is 1.84. The van der Waals surface area contributed by atoms with Crippen molar-refractivity contribution in [1.82, 2.24) is 14.5 Å². The standard InChI is InChI=1S/C14H24N4/c1-2-11-4-3-7-17(11)13(8-15)14-9-16-10-18(14)12-5-6-12/h9-13H,2-8,15H2,1H3. The van der Waals surface area contributed by atoms with E-state index in [2.05, 4.69) is 21.4 Å². The molecule has 0 spiro atoms. The van der Waals surface area contributed by atoms with Gasteiger partial charge in [0, 0.05) is 24.8 Å². The van der Waals surface area contributed by atoms with Gasteiger partial charge in [0.05, 0.1) is 18.1 Å². The Labute approximate surface area is 109 Å². The van der Waals surface area contributed by atoms with Crippen molar-refractivity contribution in [3.63, 3.8) is 0 Å². The molecule has 0 radical (unpaired) electrons. The molecule has 0 bridgehead atoms. The molecule has 1 aromatic heterocycles. The van der Waals surface area contributed by atoms with Crippen LogP contribution in [0.5, 0.6) is 0 Å². The van der Waals surface area contributed by atoms with E-state index >= 15 is 0 Å². The summed E-state index contributed by atoms with van der Waals surface area (Å²) < 4.78 is 2.36. The van der Waals surface area contributed by atoms with Crippen LogP contribution in [0.1, 0.15) is 56.8 Å². The lowest BCUT2D eigenvalue weighted by Crippen LogP contribution is -2.38. The fraction of sp³-hybridized carbons (Fsp3) is 0.786. The van der Waals surface area contributed by atoms with Crippen LogP contribution in [0.3, 0.4) is 0 Å². The summed E-state index contributed by atoms with van der Waals surface area (Å²) in [5.74, 6) is 0. The van der Waals surface area contributed by atoms with E-state index in [9.17, 15) is 0 Å². The molecule has 2 N–H and O–H groups in total. The van der Waals surface area contributed by atoms with Crippen molar-refractivity contribution in [1.29, 1.82) is 0 Å². The van der Waals surface area contributed by atoms with Crippen LogP contribution in [-0.2, 0) is 0 Å². The third-order valence-electron chi connectivity index (χ3n) is 4.50. The fourth-order valence-corrected chi connectivity index (χ4v) is 3.36. The Morgan fingerprint density at radius 1 is 1.44 bits per heavy atom. The fourth-order valence-electron chi connectivity index (χ4n) is 3.36. The van der Waals surface area contributed by atoms with E-state index in [1.165, 1.54) is 44.3 Å². The lowest BCUT2D eigenvalue weighted by Gasteiger charge is -2.32. The molecule has 100 valence electrons. The van der Waals surface area contributed by atoms with Gasteiger partial charge in [0.15, 0.2) is 0 Å². The second kappa shape index (κ2) is 5.02. The van der Waals surface area contributed by atoms with E-state index in [0.29, 0.717) is 24.7 Å². The van der Waals surface area contributed by atoms with Crippen LogP contribution in [0.4, 0.5) is 0 Å².